The smallest absolute Gasteiger partial charge is 0.242 e. The summed E-state index contributed by atoms with van der Waals surface area (Å²) in [5.74, 6) is 1.66. The van der Waals surface area contributed by atoms with E-state index in [0.29, 0.717) is 6.61 Å². The highest BCUT2D eigenvalue weighted by Crippen LogP contribution is 2.19. The molecule has 1 aliphatic heterocycles. The Hall–Kier alpha value is -2.28. The lowest BCUT2D eigenvalue weighted by Gasteiger charge is -2.38. The first-order chi connectivity index (χ1) is 13.6. The van der Waals surface area contributed by atoms with E-state index in [1.54, 1.807) is 0 Å². The number of hydrogen-bond donors (Lipinski definition) is 1. The number of aromatic nitrogens is 2. The van der Waals surface area contributed by atoms with Crippen LogP contribution in [-0.4, -0.2) is 45.5 Å². The summed E-state index contributed by atoms with van der Waals surface area (Å²) in [6.45, 7) is 6.36. The summed E-state index contributed by atoms with van der Waals surface area (Å²) in [6.07, 6.45) is 0. The molecular weight excluding hydrogens is 423 g/mol. The highest BCUT2D eigenvalue weighted by molar-refractivity contribution is 5.85. The van der Waals surface area contributed by atoms with Crippen LogP contribution >= 0.6 is 24.8 Å². The maximum atomic E-state index is 13.1. The number of amides is 1. The minimum absolute atomic E-state index is 0. The van der Waals surface area contributed by atoms with Gasteiger partial charge in [-0.05, 0) is 38.1 Å². The van der Waals surface area contributed by atoms with Gasteiger partial charge in [0.25, 0.3) is 0 Å². The second kappa shape index (κ2) is 10.7. The fourth-order valence-electron chi connectivity index (χ4n) is 3.71. The molecule has 0 aliphatic carbocycles. The number of rotatable bonds is 5. The Bertz CT molecular complexity index is 964. The van der Waals surface area contributed by atoms with Crippen LogP contribution < -0.4 is 10.1 Å². The summed E-state index contributed by atoms with van der Waals surface area (Å²) < 4.78 is 7.90. The Morgan fingerprint density at radius 2 is 1.80 bits per heavy atom. The first kappa shape index (κ1) is 24.0. The summed E-state index contributed by atoms with van der Waals surface area (Å²) in [5, 5.41) is 3.42. The van der Waals surface area contributed by atoms with Gasteiger partial charge in [0, 0.05) is 25.2 Å². The number of halogens is 2. The molecule has 2 heterocycles. The average Bonchev–Trinajstić information content (AvgIpc) is 3.06. The Morgan fingerprint density at radius 3 is 2.57 bits per heavy atom. The molecule has 1 amide bonds. The number of carbonyl (C=O) groups excluding carboxylic acids is 1. The van der Waals surface area contributed by atoms with Gasteiger partial charge >= 0.3 is 0 Å². The SMILES string of the molecule is CC1NCCN(C(=O)Cn2c(COc3ccccc3)nc3ccccc32)C1C.Cl.Cl. The maximum Gasteiger partial charge on any atom is 0.242 e. The Morgan fingerprint density at radius 1 is 1.10 bits per heavy atom. The normalized spacial score (nSPS) is 18.4. The number of imidazole rings is 1. The van der Waals surface area contributed by atoms with Crippen molar-refractivity contribution in [2.24, 2.45) is 0 Å². The quantitative estimate of drug-likeness (QED) is 0.643. The third-order valence-electron chi connectivity index (χ3n) is 5.49. The fraction of sp³-hybridized carbons (Fsp3) is 0.364. The van der Waals surface area contributed by atoms with Gasteiger partial charge in [-0.15, -0.1) is 24.8 Å². The molecule has 2 unspecified atom stereocenters. The summed E-state index contributed by atoms with van der Waals surface area (Å²) in [7, 11) is 0. The zero-order chi connectivity index (χ0) is 19.5. The largest absolute Gasteiger partial charge is 0.486 e. The number of fused-ring (bicyclic) bond motifs is 1. The predicted molar refractivity (Wildman–Crippen MR) is 124 cm³/mol. The van der Waals surface area contributed by atoms with Gasteiger partial charge in [0.05, 0.1) is 11.0 Å². The van der Waals surface area contributed by atoms with Crippen LogP contribution in [0.2, 0.25) is 0 Å². The molecule has 0 spiro atoms. The third-order valence-corrected chi connectivity index (χ3v) is 5.49. The van der Waals surface area contributed by atoms with Crippen LogP contribution in [0.3, 0.4) is 0 Å². The van der Waals surface area contributed by atoms with Gasteiger partial charge in [0.15, 0.2) is 0 Å². The first-order valence-corrected chi connectivity index (χ1v) is 9.78. The van der Waals surface area contributed by atoms with Crippen molar-refractivity contribution < 1.29 is 9.53 Å². The van der Waals surface area contributed by atoms with Gasteiger partial charge in [0.1, 0.15) is 24.7 Å². The van der Waals surface area contributed by atoms with Crippen molar-refractivity contribution in [3.8, 4) is 5.75 Å². The maximum absolute atomic E-state index is 13.1. The van der Waals surface area contributed by atoms with Gasteiger partial charge in [-0.25, -0.2) is 4.98 Å². The summed E-state index contributed by atoms with van der Waals surface area (Å²) in [6, 6.07) is 18.0. The van der Waals surface area contributed by atoms with Crippen LogP contribution in [0, 0.1) is 0 Å². The topological polar surface area (TPSA) is 59.4 Å². The van der Waals surface area contributed by atoms with Gasteiger partial charge in [-0.3, -0.25) is 4.79 Å². The lowest BCUT2D eigenvalue weighted by Crippen LogP contribution is -2.57. The highest BCUT2D eigenvalue weighted by Gasteiger charge is 2.28. The van der Waals surface area contributed by atoms with Crippen molar-refractivity contribution in [3.63, 3.8) is 0 Å². The zero-order valence-electron chi connectivity index (χ0n) is 17.2. The Balaban J connectivity index is 0.00000160. The standard InChI is InChI=1S/C22H26N4O2.2ClH/c1-16-17(2)25(13-12-23-16)22(27)14-26-20-11-7-6-10-19(20)24-21(26)15-28-18-8-4-3-5-9-18;;/h3-11,16-17,23H,12-15H2,1-2H3;2*1H. The number of ether oxygens (including phenoxy) is 1. The van der Waals surface area contributed by atoms with Crippen LogP contribution in [-0.2, 0) is 17.9 Å². The monoisotopic (exact) mass is 450 g/mol. The average molecular weight is 451 g/mol. The molecule has 1 aromatic heterocycles. The molecule has 0 bridgehead atoms. The van der Waals surface area contributed by atoms with Gasteiger partial charge in [-0.2, -0.15) is 0 Å². The Kier molecular flexibility index (Phi) is 8.53. The number of hydrogen-bond acceptors (Lipinski definition) is 4. The van der Waals surface area contributed by atoms with Crippen molar-refractivity contribution in [1.82, 2.24) is 19.8 Å². The van der Waals surface area contributed by atoms with Crippen LogP contribution in [0.1, 0.15) is 19.7 Å². The molecule has 1 N–H and O–H groups in total. The highest BCUT2D eigenvalue weighted by atomic mass is 35.5. The van der Waals surface area contributed by atoms with E-state index in [9.17, 15) is 4.79 Å². The lowest BCUT2D eigenvalue weighted by atomic mass is 10.1. The molecule has 6 nitrogen and oxygen atoms in total. The van der Waals surface area contributed by atoms with E-state index in [4.69, 9.17) is 9.72 Å². The van der Waals surface area contributed by atoms with E-state index < -0.39 is 0 Å². The fourth-order valence-corrected chi connectivity index (χ4v) is 3.71. The molecule has 8 heteroatoms. The van der Waals surface area contributed by atoms with Crippen molar-refractivity contribution in [1.29, 1.82) is 0 Å². The zero-order valence-corrected chi connectivity index (χ0v) is 18.8. The van der Waals surface area contributed by atoms with E-state index in [2.05, 4.69) is 19.2 Å². The molecular formula is C22H28Cl2N4O2. The molecule has 2 aromatic carbocycles. The minimum Gasteiger partial charge on any atom is -0.486 e. The third kappa shape index (κ3) is 5.06. The molecule has 4 rings (SSSR count). The van der Waals surface area contributed by atoms with Gasteiger partial charge < -0.3 is 19.5 Å². The van der Waals surface area contributed by atoms with E-state index in [-0.39, 0.29) is 49.3 Å². The van der Waals surface area contributed by atoms with Crippen LogP contribution in [0.25, 0.3) is 11.0 Å². The molecule has 30 heavy (non-hydrogen) atoms. The predicted octanol–water partition coefficient (Wildman–Crippen LogP) is 3.67. The number of nitrogens with zero attached hydrogens (tertiary/aromatic N) is 3. The van der Waals surface area contributed by atoms with Gasteiger partial charge in [-0.1, -0.05) is 30.3 Å². The minimum atomic E-state index is 0. The summed E-state index contributed by atoms with van der Waals surface area (Å²) in [4.78, 5) is 19.8. The van der Waals surface area contributed by atoms with Crippen LogP contribution in [0.5, 0.6) is 5.75 Å². The molecule has 2 atom stereocenters. The molecule has 1 saturated heterocycles. The van der Waals surface area contributed by atoms with Crippen molar-refractivity contribution in [2.75, 3.05) is 13.1 Å². The molecule has 0 saturated carbocycles. The Labute approximate surface area is 189 Å². The molecule has 1 fully saturated rings. The van der Waals surface area contributed by atoms with E-state index in [0.717, 1.165) is 35.7 Å². The van der Waals surface area contributed by atoms with E-state index in [1.165, 1.54) is 0 Å². The van der Waals surface area contributed by atoms with E-state index in [1.807, 2.05) is 64.1 Å². The molecule has 1 aliphatic rings. The van der Waals surface area contributed by atoms with Crippen LogP contribution in [0.4, 0.5) is 0 Å². The molecule has 3 aromatic rings. The molecule has 0 radical (unpaired) electrons. The summed E-state index contributed by atoms with van der Waals surface area (Å²) in [5.41, 5.74) is 1.84. The number of para-hydroxylation sites is 3. The van der Waals surface area contributed by atoms with E-state index >= 15 is 0 Å². The second-order valence-electron chi connectivity index (χ2n) is 7.28. The van der Waals surface area contributed by atoms with Gasteiger partial charge in [0.2, 0.25) is 5.91 Å². The summed E-state index contributed by atoms with van der Waals surface area (Å²) >= 11 is 0. The second-order valence-corrected chi connectivity index (χ2v) is 7.28. The lowest BCUT2D eigenvalue weighted by molar-refractivity contribution is -0.135. The van der Waals surface area contributed by atoms with Crippen molar-refractivity contribution >= 4 is 41.8 Å². The van der Waals surface area contributed by atoms with Crippen molar-refractivity contribution in [2.45, 2.75) is 39.1 Å². The number of carbonyl (C=O) groups is 1. The number of benzene rings is 2. The van der Waals surface area contributed by atoms with Crippen molar-refractivity contribution in [3.05, 3.63) is 60.4 Å². The first-order valence-electron chi connectivity index (χ1n) is 9.78. The van der Waals surface area contributed by atoms with Crippen LogP contribution in [0.15, 0.2) is 54.6 Å². The molecule has 162 valence electrons. The number of nitrogens with one attached hydrogen (secondary N) is 1. The number of piperazine rings is 1.